The third-order valence-electron chi connectivity index (χ3n) is 2.75. The highest BCUT2D eigenvalue weighted by atomic mass is 35.5. The molecule has 0 spiro atoms. The molecule has 0 unspecified atom stereocenters. The molecule has 0 heterocycles. The fraction of sp³-hybridized carbons (Fsp3) is 0.0714. The summed E-state index contributed by atoms with van der Waals surface area (Å²) in [6.45, 7) is 0. The smallest absolute Gasteiger partial charge is 0.257 e. The maximum absolute atomic E-state index is 12.4. The number of halogens is 4. The number of hydrogen-bond donors (Lipinski definition) is 2. The topological polar surface area (TPSA) is 41.1 Å². The monoisotopic (exact) mass is 362 g/mol. The Balaban J connectivity index is 2.34. The number of carbonyl (C=O) groups is 1. The van der Waals surface area contributed by atoms with Crippen LogP contribution in [0, 0.1) is 0 Å². The Morgan fingerprint density at radius 2 is 1.57 bits per heavy atom. The van der Waals surface area contributed by atoms with Crippen LogP contribution >= 0.6 is 46.4 Å². The Hall–Kier alpha value is -1.13. The van der Waals surface area contributed by atoms with Gasteiger partial charge in [0.15, 0.2) is 0 Å². The van der Waals surface area contributed by atoms with E-state index in [1.165, 1.54) is 12.1 Å². The minimum absolute atomic E-state index is 0.297. The summed E-state index contributed by atoms with van der Waals surface area (Å²) >= 11 is 23.7. The van der Waals surface area contributed by atoms with E-state index in [2.05, 4.69) is 10.6 Å². The highest BCUT2D eigenvalue weighted by molar-refractivity contribution is 6.44. The molecule has 2 rings (SSSR count). The molecule has 0 atom stereocenters. The van der Waals surface area contributed by atoms with Crippen molar-refractivity contribution in [3.05, 3.63) is 56.0 Å². The largest absolute Gasteiger partial charge is 0.387 e. The first-order chi connectivity index (χ1) is 9.92. The van der Waals surface area contributed by atoms with E-state index in [-0.39, 0.29) is 5.91 Å². The minimum atomic E-state index is -0.359. The number of rotatable bonds is 3. The second kappa shape index (κ2) is 6.75. The van der Waals surface area contributed by atoms with Gasteiger partial charge in [-0.1, -0.05) is 46.4 Å². The van der Waals surface area contributed by atoms with Gasteiger partial charge >= 0.3 is 0 Å². The van der Waals surface area contributed by atoms with Crippen molar-refractivity contribution in [1.82, 2.24) is 0 Å². The predicted molar refractivity (Wildman–Crippen MR) is 90.4 cm³/mol. The van der Waals surface area contributed by atoms with Crippen LogP contribution in [0.5, 0.6) is 0 Å². The molecule has 7 heteroatoms. The van der Waals surface area contributed by atoms with Gasteiger partial charge < -0.3 is 10.6 Å². The summed E-state index contributed by atoms with van der Waals surface area (Å²) in [6.07, 6.45) is 0. The summed E-state index contributed by atoms with van der Waals surface area (Å²) in [6, 6.07) is 7.93. The van der Waals surface area contributed by atoms with E-state index < -0.39 is 0 Å². The van der Waals surface area contributed by atoms with Gasteiger partial charge in [0.05, 0.1) is 26.3 Å². The van der Waals surface area contributed by atoms with Crippen LogP contribution in [0.25, 0.3) is 0 Å². The van der Waals surface area contributed by atoms with E-state index in [1.807, 2.05) is 0 Å². The standard InChI is InChI=1S/C14H10Cl4N2O/c1-19-12-3-2-7(15)4-8(12)14(21)20-13-6-10(17)9(16)5-11(13)18/h2-6,19H,1H3,(H,20,21). The lowest BCUT2D eigenvalue weighted by Crippen LogP contribution is -2.14. The van der Waals surface area contributed by atoms with Gasteiger partial charge in [0.2, 0.25) is 0 Å². The van der Waals surface area contributed by atoms with Gasteiger partial charge in [-0.15, -0.1) is 0 Å². The first kappa shape index (κ1) is 16.2. The molecule has 0 fully saturated rings. The fourth-order valence-electron chi connectivity index (χ4n) is 1.73. The van der Waals surface area contributed by atoms with Crippen molar-refractivity contribution in [2.75, 3.05) is 17.7 Å². The lowest BCUT2D eigenvalue weighted by molar-refractivity contribution is 0.102. The van der Waals surface area contributed by atoms with Crippen molar-refractivity contribution in [2.45, 2.75) is 0 Å². The third-order valence-corrected chi connectivity index (χ3v) is 4.02. The zero-order valence-electron chi connectivity index (χ0n) is 10.8. The van der Waals surface area contributed by atoms with Crippen LogP contribution in [0.4, 0.5) is 11.4 Å². The molecule has 0 saturated heterocycles. The molecule has 0 aliphatic carbocycles. The van der Waals surface area contributed by atoms with Crippen LogP contribution in [-0.4, -0.2) is 13.0 Å². The molecule has 21 heavy (non-hydrogen) atoms. The zero-order valence-corrected chi connectivity index (χ0v) is 13.8. The molecule has 0 saturated carbocycles. The second-order valence-corrected chi connectivity index (χ2v) is 5.80. The Labute approximate surface area is 142 Å². The summed E-state index contributed by atoms with van der Waals surface area (Å²) in [4.78, 5) is 12.4. The summed E-state index contributed by atoms with van der Waals surface area (Å²) < 4.78 is 0. The second-order valence-electron chi connectivity index (χ2n) is 4.14. The van der Waals surface area contributed by atoms with Crippen LogP contribution in [-0.2, 0) is 0 Å². The number of nitrogens with one attached hydrogen (secondary N) is 2. The molecular formula is C14H10Cl4N2O. The van der Waals surface area contributed by atoms with Gasteiger partial charge in [0, 0.05) is 17.8 Å². The van der Waals surface area contributed by atoms with Crippen LogP contribution in [0.3, 0.4) is 0 Å². The minimum Gasteiger partial charge on any atom is -0.387 e. The number of hydrogen-bond acceptors (Lipinski definition) is 2. The number of anilines is 2. The highest BCUT2D eigenvalue weighted by Gasteiger charge is 2.14. The van der Waals surface area contributed by atoms with Crippen molar-refractivity contribution >= 4 is 63.7 Å². The Morgan fingerprint density at radius 1 is 0.905 bits per heavy atom. The Bertz CT molecular complexity index is 704. The number of amides is 1. The van der Waals surface area contributed by atoms with Crippen molar-refractivity contribution in [3.63, 3.8) is 0 Å². The first-order valence-electron chi connectivity index (χ1n) is 5.85. The van der Waals surface area contributed by atoms with Gasteiger partial charge in [0.25, 0.3) is 5.91 Å². The van der Waals surface area contributed by atoms with Crippen LogP contribution < -0.4 is 10.6 Å². The van der Waals surface area contributed by atoms with Crippen LogP contribution in [0.1, 0.15) is 10.4 Å². The van der Waals surface area contributed by atoms with E-state index in [9.17, 15) is 4.79 Å². The van der Waals surface area contributed by atoms with Gasteiger partial charge in [0.1, 0.15) is 0 Å². The molecule has 2 aromatic carbocycles. The van der Waals surface area contributed by atoms with Gasteiger partial charge in [-0.25, -0.2) is 0 Å². The van der Waals surface area contributed by atoms with E-state index in [1.54, 1.807) is 25.2 Å². The lowest BCUT2D eigenvalue weighted by Gasteiger charge is -2.12. The van der Waals surface area contributed by atoms with Gasteiger partial charge in [-0.3, -0.25) is 4.79 Å². The van der Waals surface area contributed by atoms with Crippen molar-refractivity contribution < 1.29 is 4.79 Å². The molecule has 110 valence electrons. The van der Waals surface area contributed by atoms with E-state index in [0.717, 1.165) is 0 Å². The molecule has 0 aromatic heterocycles. The Kier molecular flexibility index (Phi) is 5.22. The molecular weight excluding hydrogens is 354 g/mol. The summed E-state index contributed by atoms with van der Waals surface area (Å²) in [5.41, 5.74) is 1.42. The predicted octanol–water partition coefficient (Wildman–Crippen LogP) is 5.59. The van der Waals surface area contributed by atoms with Crippen molar-refractivity contribution in [3.8, 4) is 0 Å². The molecule has 0 aliphatic heterocycles. The lowest BCUT2D eigenvalue weighted by atomic mass is 10.1. The molecule has 3 nitrogen and oxygen atoms in total. The molecule has 0 aliphatic rings. The molecule has 0 bridgehead atoms. The van der Waals surface area contributed by atoms with E-state index in [0.29, 0.717) is 37.0 Å². The maximum Gasteiger partial charge on any atom is 0.257 e. The average Bonchev–Trinajstić information content (AvgIpc) is 2.44. The molecule has 0 radical (unpaired) electrons. The van der Waals surface area contributed by atoms with Crippen LogP contribution in [0.2, 0.25) is 20.1 Å². The van der Waals surface area contributed by atoms with Gasteiger partial charge in [-0.2, -0.15) is 0 Å². The summed E-state index contributed by atoms with van der Waals surface area (Å²) in [5.74, 6) is -0.359. The van der Waals surface area contributed by atoms with Gasteiger partial charge in [-0.05, 0) is 30.3 Å². The average molecular weight is 364 g/mol. The maximum atomic E-state index is 12.4. The Morgan fingerprint density at radius 3 is 2.24 bits per heavy atom. The normalized spacial score (nSPS) is 10.3. The fourth-order valence-corrected chi connectivity index (χ4v) is 2.50. The quantitative estimate of drug-likeness (QED) is 0.697. The SMILES string of the molecule is CNc1ccc(Cl)cc1C(=O)Nc1cc(Cl)c(Cl)cc1Cl. The van der Waals surface area contributed by atoms with E-state index in [4.69, 9.17) is 46.4 Å². The van der Waals surface area contributed by atoms with E-state index >= 15 is 0 Å². The van der Waals surface area contributed by atoms with Crippen LogP contribution in [0.15, 0.2) is 30.3 Å². The number of benzene rings is 2. The molecule has 1 amide bonds. The van der Waals surface area contributed by atoms with Crippen molar-refractivity contribution in [1.29, 1.82) is 0 Å². The zero-order chi connectivity index (χ0) is 15.6. The molecule has 2 aromatic rings. The molecule has 2 N–H and O–H groups in total. The summed E-state index contributed by atoms with van der Waals surface area (Å²) in [7, 11) is 1.71. The third kappa shape index (κ3) is 3.74. The first-order valence-corrected chi connectivity index (χ1v) is 7.36. The van der Waals surface area contributed by atoms with Crippen molar-refractivity contribution in [2.24, 2.45) is 0 Å². The number of carbonyl (C=O) groups excluding carboxylic acids is 1. The summed E-state index contributed by atoms with van der Waals surface area (Å²) in [5, 5.41) is 6.98. The highest BCUT2D eigenvalue weighted by Crippen LogP contribution is 2.33.